The first-order chi connectivity index (χ1) is 17.5. The monoisotopic (exact) mass is 490 g/mol. The number of hydrogen-bond donors (Lipinski definition) is 2. The van der Waals surface area contributed by atoms with Gasteiger partial charge in [-0.25, -0.2) is 19.3 Å². The fourth-order valence-corrected chi connectivity index (χ4v) is 4.66. The number of carbonyl (C=O) groups excluding carboxylic acids is 1. The second kappa shape index (κ2) is 9.90. The van der Waals surface area contributed by atoms with Gasteiger partial charge < -0.3 is 20.1 Å². The number of aliphatic hydroxyl groups excluding tert-OH is 1. The lowest BCUT2D eigenvalue weighted by Crippen LogP contribution is -2.39. The average Bonchev–Trinajstić information content (AvgIpc) is 3.35. The fraction of sp³-hybridized carbons (Fsp3) is 0.308. The largest absolute Gasteiger partial charge is 0.495 e. The third-order valence-corrected chi connectivity index (χ3v) is 6.63. The van der Waals surface area contributed by atoms with Crippen molar-refractivity contribution < 1.29 is 19.0 Å². The molecule has 4 aromatic rings. The number of nitrogens with one attached hydrogen (secondary N) is 1. The van der Waals surface area contributed by atoms with Crippen molar-refractivity contribution in [2.24, 2.45) is 0 Å². The Morgan fingerprint density at radius 2 is 2.03 bits per heavy atom. The number of likely N-dealkylation sites (tertiary alicyclic amines) is 1. The number of amides is 1. The normalized spacial score (nSPS) is 14.3. The third kappa shape index (κ3) is 4.47. The molecule has 0 bridgehead atoms. The molecule has 0 radical (unpaired) electrons. The Kier molecular flexibility index (Phi) is 6.51. The molecule has 3 aromatic heterocycles. The van der Waals surface area contributed by atoms with Crippen LogP contribution in [0, 0.1) is 12.7 Å². The van der Waals surface area contributed by atoms with Crippen LogP contribution in [0.25, 0.3) is 17.0 Å². The van der Waals surface area contributed by atoms with Gasteiger partial charge in [0.2, 0.25) is 11.9 Å². The molecule has 0 aliphatic carbocycles. The smallest absolute Gasteiger partial charge is 0.248 e. The summed E-state index contributed by atoms with van der Waals surface area (Å²) >= 11 is 0. The van der Waals surface area contributed by atoms with Crippen LogP contribution in [0.2, 0.25) is 0 Å². The Bertz CT molecular complexity index is 1410. The number of benzene rings is 1. The van der Waals surface area contributed by atoms with Crippen LogP contribution in [0.4, 0.5) is 16.0 Å². The fourth-order valence-electron chi connectivity index (χ4n) is 4.66. The van der Waals surface area contributed by atoms with Crippen molar-refractivity contribution in [3.63, 3.8) is 0 Å². The molecule has 2 N–H and O–H groups in total. The zero-order chi connectivity index (χ0) is 25.2. The van der Waals surface area contributed by atoms with E-state index in [0.29, 0.717) is 47.8 Å². The molecule has 1 aliphatic heterocycles. The molecule has 1 amide bonds. The number of piperidine rings is 1. The molecule has 0 spiro atoms. The van der Waals surface area contributed by atoms with Gasteiger partial charge in [-0.15, -0.1) is 0 Å². The zero-order valence-corrected chi connectivity index (χ0v) is 20.1. The van der Waals surface area contributed by atoms with E-state index in [2.05, 4.69) is 15.3 Å². The summed E-state index contributed by atoms with van der Waals surface area (Å²) in [6.07, 6.45) is 6.72. The number of aromatic nitrogens is 4. The maximum absolute atomic E-state index is 14.1. The van der Waals surface area contributed by atoms with Gasteiger partial charge in [-0.05, 0) is 61.1 Å². The van der Waals surface area contributed by atoms with Crippen LogP contribution in [0.3, 0.4) is 0 Å². The molecule has 10 heteroatoms. The van der Waals surface area contributed by atoms with Crippen LogP contribution in [-0.2, 0) is 4.79 Å². The number of hydrogen-bond acceptors (Lipinski definition) is 7. The Balaban J connectivity index is 1.38. The topological polar surface area (TPSA) is 105 Å². The molecule has 0 atom stereocenters. The summed E-state index contributed by atoms with van der Waals surface area (Å²) in [6.45, 7) is 2.70. The Hall–Kier alpha value is -4.05. The number of aryl methyl sites for hydroxylation is 1. The first kappa shape index (κ1) is 23.7. The number of pyridine rings is 1. The highest BCUT2D eigenvalue weighted by molar-refractivity contribution is 5.77. The first-order valence-corrected chi connectivity index (χ1v) is 11.8. The van der Waals surface area contributed by atoms with E-state index in [4.69, 9.17) is 14.8 Å². The maximum Gasteiger partial charge on any atom is 0.248 e. The predicted octanol–water partition coefficient (Wildman–Crippen LogP) is 3.69. The van der Waals surface area contributed by atoms with E-state index < -0.39 is 12.4 Å². The standard InChI is InChI=1S/C26H27FN6O3/c1-16-13-29-26(31-24(16)21-14-28-25-19(27)4-3-9-33(21)25)30-20-6-5-18(12-22(20)36-2)17-7-10-32(11-8-17)23(35)15-34/h3-6,9,12-14,17,34H,7-8,10-11,15H2,1-2H3,(H,29,30,31). The van der Waals surface area contributed by atoms with Gasteiger partial charge in [0.1, 0.15) is 12.4 Å². The van der Waals surface area contributed by atoms with Crippen molar-refractivity contribution in [1.29, 1.82) is 0 Å². The van der Waals surface area contributed by atoms with Gasteiger partial charge in [-0.2, -0.15) is 0 Å². The molecule has 1 fully saturated rings. The summed E-state index contributed by atoms with van der Waals surface area (Å²) in [5.74, 6) is 0.711. The summed E-state index contributed by atoms with van der Waals surface area (Å²) in [7, 11) is 1.61. The maximum atomic E-state index is 14.1. The number of ether oxygens (including phenoxy) is 1. The highest BCUT2D eigenvalue weighted by Gasteiger charge is 2.24. The Morgan fingerprint density at radius 3 is 2.78 bits per heavy atom. The minimum Gasteiger partial charge on any atom is -0.495 e. The van der Waals surface area contributed by atoms with Crippen LogP contribution in [0.5, 0.6) is 5.75 Å². The molecule has 1 aliphatic rings. The molecule has 0 unspecified atom stereocenters. The van der Waals surface area contributed by atoms with E-state index in [1.807, 2.05) is 25.1 Å². The third-order valence-electron chi connectivity index (χ3n) is 6.63. The van der Waals surface area contributed by atoms with Crippen LogP contribution in [0.15, 0.2) is 48.9 Å². The van der Waals surface area contributed by atoms with E-state index in [1.165, 1.54) is 6.07 Å². The number of methoxy groups -OCH3 is 1. The number of nitrogens with zero attached hydrogens (tertiary/aromatic N) is 5. The van der Waals surface area contributed by atoms with Gasteiger partial charge in [0.05, 0.1) is 30.4 Å². The lowest BCUT2D eigenvalue weighted by Gasteiger charge is -2.32. The minimum atomic E-state index is -0.449. The van der Waals surface area contributed by atoms with Gasteiger partial charge >= 0.3 is 0 Å². The summed E-state index contributed by atoms with van der Waals surface area (Å²) in [5, 5.41) is 12.3. The van der Waals surface area contributed by atoms with Gasteiger partial charge in [0, 0.05) is 25.5 Å². The van der Waals surface area contributed by atoms with Crippen molar-refractivity contribution in [3.8, 4) is 17.1 Å². The van der Waals surface area contributed by atoms with E-state index in [0.717, 1.165) is 24.0 Å². The number of imidazole rings is 1. The molecule has 186 valence electrons. The summed E-state index contributed by atoms with van der Waals surface area (Å²) < 4.78 is 21.5. The number of carbonyl (C=O) groups is 1. The second-order valence-electron chi connectivity index (χ2n) is 8.82. The molecular formula is C26H27FN6O3. The van der Waals surface area contributed by atoms with Gasteiger partial charge in [-0.1, -0.05) is 6.07 Å². The molecule has 9 nitrogen and oxygen atoms in total. The van der Waals surface area contributed by atoms with E-state index in [9.17, 15) is 9.18 Å². The lowest BCUT2D eigenvalue weighted by atomic mass is 9.89. The highest BCUT2D eigenvalue weighted by atomic mass is 19.1. The van der Waals surface area contributed by atoms with Crippen molar-refractivity contribution in [2.45, 2.75) is 25.7 Å². The molecular weight excluding hydrogens is 463 g/mol. The number of fused-ring (bicyclic) bond motifs is 1. The lowest BCUT2D eigenvalue weighted by molar-refractivity contribution is -0.135. The van der Waals surface area contributed by atoms with E-state index in [1.54, 1.807) is 41.1 Å². The van der Waals surface area contributed by atoms with Crippen LogP contribution >= 0.6 is 0 Å². The molecule has 4 heterocycles. The predicted molar refractivity (Wildman–Crippen MR) is 133 cm³/mol. The summed E-state index contributed by atoms with van der Waals surface area (Å²) in [5.41, 5.74) is 4.23. The molecule has 1 saturated heterocycles. The van der Waals surface area contributed by atoms with E-state index >= 15 is 0 Å². The number of anilines is 2. The van der Waals surface area contributed by atoms with E-state index in [-0.39, 0.29) is 11.6 Å². The van der Waals surface area contributed by atoms with Gasteiger partial charge in [-0.3, -0.25) is 9.20 Å². The molecule has 1 aromatic carbocycles. The average molecular weight is 491 g/mol. The van der Waals surface area contributed by atoms with Gasteiger partial charge in [0.25, 0.3) is 0 Å². The molecule has 5 rings (SSSR count). The first-order valence-electron chi connectivity index (χ1n) is 11.8. The van der Waals surface area contributed by atoms with Crippen molar-refractivity contribution in [2.75, 3.05) is 32.1 Å². The Labute approximate surface area is 207 Å². The number of halogens is 1. The quantitative estimate of drug-likeness (QED) is 0.425. The van der Waals surface area contributed by atoms with Gasteiger partial charge in [0.15, 0.2) is 11.5 Å². The Morgan fingerprint density at radius 1 is 1.22 bits per heavy atom. The second-order valence-corrected chi connectivity index (χ2v) is 8.82. The summed E-state index contributed by atoms with van der Waals surface area (Å²) in [6, 6.07) is 8.98. The van der Waals surface area contributed by atoms with Crippen molar-refractivity contribution in [1.82, 2.24) is 24.3 Å². The minimum absolute atomic E-state index is 0.225. The highest BCUT2D eigenvalue weighted by Crippen LogP contribution is 2.35. The molecule has 36 heavy (non-hydrogen) atoms. The summed E-state index contributed by atoms with van der Waals surface area (Å²) in [4.78, 5) is 26.8. The van der Waals surface area contributed by atoms with Crippen molar-refractivity contribution >= 4 is 23.2 Å². The molecule has 0 saturated carbocycles. The van der Waals surface area contributed by atoms with Crippen LogP contribution < -0.4 is 10.1 Å². The number of aliphatic hydroxyl groups is 1. The number of rotatable bonds is 6. The van der Waals surface area contributed by atoms with Crippen molar-refractivity contribution in [3.05, 3.63) is 65.9 Å². The zero-order valence-electron chi connectivity index (χ0n) is 20.1. The SMILES string of the molecule is COc1cc(C2CCN(C(=O)CO)CC2)ccc1Nc1ncc(C)c(-c2cnc3c(F)cccn23)n1. The van der Waals surface area contributed by atoms with Crippen LogP contribution in [-0.4, -0.2) is 62.1 Å². The van der Waals surface area contributed by atoms with Crippen LogP contribution in [0.1, 0.15) is 29.9 Å².